The molecule has 0 radical (unpaired) electrons. The van der Waals surface area contributed by atoms with Crippen LogP contribution in [0.4, 0.5) is 4.79 Å². The number of nitrogens with one attached hydrogen (secondary N) is 1. The van der Waals surface area contributed by atoms with Crippen LogP contribution in [-0.2, 0) is 14.3 Å². The Morgan fingerprint density at radius 2 is 1.53 bits per heavy atom. The molecule has 0 spiro atoms. The van der Waals surface area contributed by atoms with Gasteiger partial charge in [0.15, 0.2) is 0 Å². The minimum atomic E-state index is -1.25. The van der Waals surface area contributed by atoms with E-state index < -0.39 is 23.2 Å². The molecule has 0 fully saturated rings. The molecule has 0 aliphatic heterocycles. The van der Waals surface area contributed by atoms with Crippen LogP contribution in [0.2, 0.25) is 0 Å². The number of amides is 1. The van der Waals surface area contributed by atoms with Crippen LogP contribution in [0.5, 0.6) is 0 Å². The predicted molar refractivity (Wildman–Crippen MR) is 116 cm³/mol. The average molecular weight is 411 g/mol. The van der Waals surface area contributed by atoms with E-state index in [9.17, 15) is 9.59 Å². The zero-order valence-electron chi connectivity index (χ0n) is 18.0. The number of hydrogen-bond acceptors (Lipinski definition) is 5. The first-order valence-electron chi connectivity index (χ1n) is 10.2. The van der Waals surface area contributed by atoms with Gasteiger partial charge in [0, 0.05) is 12.5 Å². The minimum absolute atomic E-state index is 0.0250. The maximum atomic E-state index is 12.7. The lowest BCUT2D eigenvalue weighted by molar-refractivity contribution is -0.147. The van der Waals surface area contributed by atoms with Crippen molar-refractivity contribution in [1.29, 1.82) is 0 Å². The summed E-state index contributed by atoms with van der Waals surface area (Å²) in [6.07, 6.45) is 0.0787. The Bertz CT molecular complexity index is 889. The van der Waals surface area contributed by atoms with Crippen LogP contribution in [0.15, 0.2) is 48.5 Å². The highest BCUT2D eigenvalue weighted by atomic mass is 16.6. The van der Waals surface area contributed by atoms with Crippen LogP contribution in [0.3, 0.4) is 0 Å². The molecule has 0 bridgehead atoms. The number of rotatable bonds is 6. The van der Waals surface area contributed by atoms with Crippen molar-refractivity contribution in [3.63, 3.8) is 0 Å². The zero-order valence-corrected chi connectivity index (χ0v) is 18.0. The van der Waals surface area contributed by atoms with Crippen molar-refractivity contribution in [2.75, 3.05) is 13.7 Å². The molecule has 1 amide bonds. The number of alkyl carbamates (subject to hydrolysis) is 1. The Morgan fingerprint density at radius 3 is 2.03 bits per heavy atom. The highest BCUT2D eigenvalue weighted by molar-refractivity contribution is 5.83. The molecular weight excluding hydrogens is 380 g/mol. The number of esters is 1. The lowest BCUT2D eigenvalue weighted by Crippen LogP contribution is -2.52. The second-order valence-corrected chi connectivity index (χ2v) is 8.76. The highest BCUT2D eigenvalue weighted by Gasteiger charge is 2.41. The summed E-state index contributed by atoms with van der Waals surface area (Å²) in [5.41, 5.74) is 9.38. The minimum Gasteiger partial charge on any atom is -0.468 e. The van der Waals surface area contributed by atoms with Crippen molar-refractivity contribution in [1.82, 2.24) is 5.32 Å². The van der Waals surface area contributed by atoms with E-state index in [1.165, 1.54) is 7.11 Å². The van der Waals surface area contributed by atoms with E-state index >= 15 is 0 Å². The van der Waals surface area contributed by atoms with Crippen molar-refractivity contribution in [2.24, 2.45) is 5.73 Å². The molecule has 0 saturated carbocycles. The molecule has 2 aromatic carbocycles. The fourth-order valence-electron chi connectivity index (χ4n) is 4.04. The summed E-state index contributed by atoms with van der Waals surface area (Å²) in [6, 6.07) is 16.4. The smallest absolute Gasteiger partial charge is 0.407 e. The Kier molecular flexibility index (Phi) is 6.17. The number of carbonyl (C=O) groups excluding carboxylic acids is 2. The largest absolute Gasteiger partial charge is 0.468 e. The van der Waals surface area contributed by atoms with Crippen LogP contribution in [0.25, 0.3) is 11.1 Å². The number of benzene rings is 2. The van der Waals surface area contributed by atoms with E-state index in [4.69, 9.17) is 15.2 Å². The summed E-state index contributed by atoms with van der Waals surface area (Å²) in [5, 5.41) is 2.69. The van der Waals surface area contributed by atoms with Crippen molar-refractivity contribution >= 4 is 12.1 Å². The van der Waals surface area contributed by atoms with Crippen molar-refractivity contribution < 1.29 is 19.1 Å². The first-order valence-corrected chi connectivity index (χ1v) is 10.2. The Hall–Kier alpha value is -2.86. The van der Waals surface area contributed by atoms with Crippen LogP contribution in [0, 0.1) is 0 Å². The lowest BCUT2D eigenvalue weighted by atomic mass is 9.81. The SMILES string of the molecule is COC(=O)[C@@](N)(CCNC(=O)OC(C)(C)C)CC1c2ccccc2-c2ccccc21. The molecule has 1 atom stereocenters. The number of nitrogens with two attached hydrogens (primary N) is 1. The molecule has 6 heteroatoms. The van der Waals surface area contributed by atoms with E-state index in [1.807, 2.05) is 24.3 Å². The Labute approximate surface area is 177 Å². The average Bonchev–Trinajstić information content (AvgIpc) is 3.00. The summed E-state index contributed by atoms with van der Waals surface area (Å²) < 4.78 is 10.3. The molecule has 6 nitrogen and oxygen atoms in total. The van der Waals surface area contributed by atoms with Gasteiger partial charge in [-0.05, 0) is 55.9 Å². The maximum Gasteiger partial charge on any atom is 0.407 e. The molecule has 3 rings (SSSR count). The van der Waals surface area contributed by atoms with Gasteiger partial charge in [-0.1, -0.05) is 48.5 Å². The summed E-state index contributed by atoms with van der Waals surface area (Å²) in [7, 11) is 1.34. The molecule has 160 valence electrons. The fraction of sp³-hybridized carbons (Fsp3) is 0.417. The van der Waals surface area contributed by atoms with Crippen LogP contribution >= 0.6 is 0 Å². The van der Waals surface area contributed by atoms with E-state index in [2.05, 4.69) is 29.6 Å². The molecule has 0 heterocycles. The van der Waals surface area contributed by atoms with Gasteiger partial charge in [-0.3, -0.25) is 4.79 Å². The van der Waals surface area contributed by atoms with Gasteiger partial charge in [-0.15, -0.1) is 0 Å². The fourth-order valence-corrected chi connectivity index (χ4v) is 4.04. The summed E-state index contributed by atoms with van der Waals surface area (Å²) >= 11 is 0. The van der Waals surface area contributed by atoms with Gasteiger partial charge in [-0.2, -0.15) is 0 Å². The van der Waals surface area contributed by atoms with Crippen LogP contribution < -0.4 is 11.1 Å². The second-order valence-electron chi connectivity index (χ2n) is 8.76. The number of hydrogen-bond donors (Lipinski definition) is 2. The molecule has 3 N–H and O–H groups in total. The van der Waals surface area contributed by atoms with Crippen LogP contribution in [0.1, 0.15) is 50.7 Å². The van der Waals surface area contributed by atoms with E-state index in [1.54, 1.807) is 20.8 Å². The number of methoxy groups -OCH3 is 1. The van der Waals surface area contributed by atoms with Crippen molar-refractivity contribution in [3.05, 3.63) is 59.7 Å². The third-order valence-corrected chi connectivity index (χ3v) is 5.36. The predicted octanol–water partition coefficient (Wildman–Crippen LogP) is 3.97. The lowest BCUT2D eigenvalue weighted by Gasteiger charge is -2.30. The molecule has 1 aliphatic rings. The topological polar surface area (TPSA) is 90.6 Å². The van der Waals surface area contributed by atoms with Gasteiger partial charge in [-0.25, -0.2) is 4.79 Å². The van der Waals surface area contributed by atoms with Gasteiger partial charge < -0.3 is 20.5 Å². The molecule has 1 aliphatic carbocycles. The Balaban J connectivity index is 1.80. The first kappa shape index (κ1) is 21.8. The molecule has 30 heavy (non-hydrogen) atoms. The third-order valence-electron chi connectivity index (χ3n) is 5.36. The maximum absolute atomic E-state index is 12.7. The third kappa shape index (κ3) is 4.65. The van der Waals surface area contributed by atoms with Crippen molar-refractivity contribution in [3.8, 4) is 11.1 Å². The quantitative estimate of drug-likeness (QED) is 0.703. The van der Waals surface area contributed by atoms with E-state index in [0.29, 0.717) is 6.42 Å². The molecular formula is C24H30N2O4. The van der Waals surface area contributed by atoms with Gasteiger partial charge in [0.05, 0.1) is 7.11 Å². The zero-order chi connectivity index (χ0) is 21.9. The number of carbonyl (C=O) groups is 2. The first-order chi connectivity index (χ1) is 14.1. The Morgan fingerprint density at radius 1 is 1.00 bits per heavy atom. The summed E-state index contributed by atoms with van der Waals surface area (Å²) in [4.78, 5) is 24.6. The van der Waals surface area contributed by atoms with Crippen LogP contribution in [-0.4, -0.2) is 36.9 Å². The standard InChI is InChI=1S/C24H30N2O4/c1-23(2,3)30-22(28)26-14-13-24(25,21(27)29-4)15-20-18-11-7-5-9-16(18)17-10-6-8-12-19(17)20/h5-12,20H,13-15,25H2,1-4H3,(H,26,28)/t24-/m1/s1. The van der Waals surface area contributed by atoms with E-state index in [0.717, 1.165) is 22.3 Å². The summed E-state index contributed by atoms with van der Waals surface area (Å²) in [6.45, 7) is 5.59. The van der Waals surface area contributed by atoms with Gasteiger partial charge >= 0.3 is 12.1 Å². The molecule has 0 saturated heterocycles. The second kappa shape index (κ2) is 8.48. The molecule has 0 aromatic heterocycles. The normalized spacial score (nSPS) is 15.0. The van der Waals surface area contributed by atoms with Gasteiger partial charge in [0.1, 0.15) is 11.1 Å². The molecule has 2 aromatic rings. The number of ether oxygens (including phenoxy) is 2. The summed E-state index contributed by atoms with van der Waals surface area (Å²) in [5.74, 6) is -0.515. The van der Waals surface area contributed by atoms with Gasteiger partial charge in [0.25, 0.3) is 0 Å². The monoisotopic (exact) mass is 410 g/mol. The van der Waals surface area contributed by atoms with Gasteiger partial charge in [0.2, 0.25) is 0 Å². The van der Waals surface area contributed by atoms with E-state index in [-0.39, 0.29) is 18.9 Å². The van der Waals surface area contributed by atoms with Crippen molar-refractivity contribution in [2.45, 2.75) is 50.7 Å². The number of fused-ring (bicyclic) bond motifs is 3. The molecule has 0 unspecified atom stereocenters. The highest BCUT2D eigenvalue weighted by Crippen LogP contribution is 2.47.